The van der Waals surface area contributed by atoms with Gasteiger partial charge in [-0.05, 0) is 33.2 Å². The number of anilines is 1. The smallest absolute Gasteiger partial charge is 0.137 e. The zero-order valence-corrected chi connectivity index (χ0v) is 10.2. The number of nitrogens with zero attached hydrogens (tertiary/aromatic N) is 3. The number of likely N-dealkylation sites (N-methyl/N-ethyl adjacent to an activating group) is 1. The maximum atomic E-state index is 5.36. The third-order valence-corrected chi connectivity index (χ3v) is 2.95. The van der Waals surface area contributed by atoms with Gasteiger partial charge < -0.3 is 14.5 Å². The van der Waals surface area contributed by atoms with Crippen molar-refractivity contribution in [1.29, 1.82) is 0 Å². The second-order valence-electron chi connectivity index (χ2n) is 4.31. The Morgan fingerprint density at radius 1 is 1.44 bits per heavy atom. The molecule has 16 heavy (non-hydrogen) atoms. The highest BCUT2D eigenvalue weighted by Crippen LogP contribution is 2.22. The van der Waals surface area contributed by atoms with Crippen molar-refractivity contribution < 1.29 is 4.74 Å². The van der Waals surface area contributed by atoms with Crippen LogP contribution in [0.1, 0.15) is 6.92 Å². The van der Waals surface area contributed by atoms with E-state index in [9.17, 15) is 0 Å². The average molecular weight is 221 g/mol. The summed E-state index contributed by atoms with van der Waals surface area (Å²) < 4.78 is 5.36. The molecule has 0 aliphatic carbocycles. The Morgan fingerprint density at radius 2 is 2.19 bits per heavy atom. The predicted molar refractivity (Wildman–Crippen MR) is 65.1 cm³/mol. The number of pyridine rings is 1. The normalized spacial score (nSPS) is 16.4. The van der Waals surface area contributed by atoms with E-state index in [1.807, 2.05) is 19.1 Å². The number of ether oxygens (including phenoxy) is 1. The molecule has 0 bridgehead atoms. The Kier molecular flexibility index (Phi) is 3.29. The van der Waals surface area contributed by atoms with Crippen molar-refractivity contribution in [1.82, 2.24) is 9.88 Å². The fourth-order valence-corrected chi connectivity index (χ4v) is 1.78. The standard InChI is InChI=1S/C12H19N3O/c1-4-16-11-5-6-12(13-7-11)15-8-10(9-15)14(2)3/h5-7,10H,4,8-9H2,1-3H3. The molecule has 1 aliphatic heterocycles. The largest absolute Gasteiger partial charge is 0.492 e. The molecular formula is C12H19N3O. The van der Waals surface area contributed by atoms with Gasteiger partial charge >= 0.3 is 0 Å². The van der Waals surface area contributed by atoms with Crippen LogP contribution in [0.3, 0.4) is 0 Å². The van der Waals surface area contributed by atoms with Crippen molar-refractivity contribution in [3.05, 3.63) is 18.3 Å². The Balaban J connectivity index is 1.92. The maximum absolute atomic E-state index is 5.36. The number of aromatic nitrogens is 1. The van der Waals surface area contributed by atoms with Crippen LogP contribution in [0.2, 0.25) is 0 Å². The lowest BCUT2D eigenvalue weighted by molar-refractivity contribution is 0.246. The topological polar surface area (TPSA) is 28.6 Å². The van der Waals surface area contributed by atoms with Gasteiger partial charge in [0.2, 0.25) is 0 Å². The summed E-state index contributed by atoms with van der Waals surface area (Å²) in [5.41, 5.74) is 0. The van der Waals surface area contributed by atoms with Crippen molar-refractivity contribution >= 4 is 5.82 Å². The molecule has 4 heteroatoms. The fraction of sp³-hybridized carbons (Fsp3) is 0.583. The summed E-state index contributed by atoms with van der Waals surface area (Å²) in [6, 6.07) is 4.67. The van der Waals surface area contributed by atoms with Gasteiger partial charge in [0.1, 0.15) is 11.6 Å². The first kappa shape index (κ1) is 11.2. The van der Waals surface area contributed by atoms with E-state index in [-0.39, 0.29) is 0 Å². The lowest BCUT2D eigenvalue weighted by Gasteiger charge is -2.43. The quantitative estimate of drug-likeness (QED) is 0.764. The van der Waals surface area contributed by atoms with Crippen molar-refractivity contribution in [3.63, 3.8) is 0 Å². The number of hydrogen-bond donors (Lipinski definition) is 0. The van der Waals surface area contributed by atoms with Crippen LogP contribution in [0.25, 0.3) is 0 Å². The van der Waals surface area contributed by atoms with E-state index in [1.54, 1.807) is 6.20 Å². The van der Waals surface area contributed by atoms with Crippen LogP contribution in [-0.2, 0) is 0 Å². The second-order valence-corrected chi connectivity index (χ2v) is 4.31. The van der Waals surface area contributed by atoms with E-state index < -0.39 is 0 Å². The maximum Gasteiger partial charge on any atom is 0.137 e. The summed E-state index contributed by atoms with van der Waals surface area (Å²) in [6.07, 6.45) is 1.79. The third kappa shape index (κ3) is 2.27. The molecule has 1 fully saturated rings. The minimum Gasteiger partial charge on any atom is -0.492 e. The van der Waals surface area contributed by atoms with Crippen LogP contribution < -0.4 is 9.64 Å². The Labute approximate surface area is 96.8 Å². The zero-order valence-electron chi connectivity index (χ0n) is 10.2. The lowest BCUT2D eigenvalue weighted by Crippen LogP contribution is -2.57. The van der Waals surface area contributed by atoms with Crippen LogP contribution >= 0.6 is 0 Å². The van der Waals surface area contributed by atoms with Crippen LogP contribution in [0, 0.1) is 0 Å². The van der Waals surface area contributed by atoms with Gasteiger partial charge in [0.15, 0.2) is 0 Å². The first-order valence-corrected chi connectivity index (χ1v) is 5.71. The monoisotopic (exact) mass is 221 g/mol. The minimum absolute atomic E-state index is 0.661. The van der Waals surface area contributed by atoms with Crippen LogP contribution in [0.4, 0.5) is 5.82 Å². The molecule has 2 rings (SSSR count). The minimum atomic E-state index is 0.661. The van der Waals surface area contributed by atoms with Gasteiger partial charge in [0.25, 0.3) is 0 Å². The lowest BCUT2D eigenvalue weighted by atomic mass is 10.1. The SMILES string of the molecule is CCOc1ccc(N2CC(N(C)C)C2)nc1. The van der Waals surface area contributed by atoms with Crippen molar-refractivity contribution in [2.45, 2.75) is 13.0 Å². The van der Waals surface area contributed by atoms with Gasteiger partial charge in [-0.15, -0.1) is 0 Å². The molecule has 1 aromatic rings. The van der Waals surface area contributed by atoms with Gasteiger partial charge in [-0.2, -0.15) is 0 Å². The van der Waals surface area contributed by atoms with Crippen LogP contribution in [0.5, 0.6) is 5.75 Å². The summed E-state index contributed by atoms with van der Waals surface area (Å²) in [6.45, 7) is 4.79. The molecule has 0 aromatic carbocycles. The van der Waals surface area contributed by atoms with Gasteiger partial charge in [-0.25, -0.2) is 4.98 Å². The molecule has 88 valence electrons. The van der Waals surface area contributed by atoms with Crippen LogP contribution in [0.15, 0.2) is 18.3 Å². The Hall–Kier alpha value is -1.29. The van der Waals surface area contributed by atoms with Gasteiger partial charge in [0.05, 0.1) is 12.8 Å². The van der Waals surface area contributed by atoms with Gasteiger partial charge in [-0.1, -0.05) is 0 Å². The van der Waals surface area contributed by atoms with Gasteiger partial charge in [0, 0.05) is 19.1 Å². The van der Waals surface area contributed by atoms with E-state index in [1.165, 1.54) is 0 Å². The summed E-state index contributed by atoms with van der Waals surface area (Å²) in [4.78, 5) is 8.93. The molecule has 2 heterocycles. The molecule has 0 amide bonds. The van der Waals surface area contributed by atoms with E-state index >= 15 is 0 Å². The molecule has 0 unspecified atom stereocenters. The number of hydrogen-bond acceptors (Lipinski definition) is 4. The molecule has 1 saturated heterocycles. The zero-order chi connectivity index (χ0) is 11.5. The highest BCUT2D eigenvalue weighted by Gasteiger charge is 2.28. The van der Waals surface area contributed by atoms with Gasteiger partial charge in [-0.3, -0.25) is 0 Å². The van der Waals surface area contributed by atoms with E-state index in [2.05, 4.69) is 28.9 Å². The highest BCUT2D eigenvalue weighted by atomic mass is 16.5. The highest BCUT2D eigenvalue weighted by molar-refractivity contribution is 5.44. The summed E-state index contributed by atoms with van der Waals surface area (Å²) in [5.74, 6) is 1.89. The van der Waals surface area contributed by atoms with Crippen LogP contribution in [-0.4, -0.2) is 49.7 Å². The fourth-order valence-electron chi connectivity index (χ4n) is 1.78. The molecule has 0 spiro atoms. The molecule has 1 aliphatic rings. The van der Waals surface area contributed by atoms with Crippen molar-refractivity contribution in [2.75, 3.05) is 38.7 Å². The summed E-state index contributed by atoms with van der Waals surface area (Å²) in [7, 11) is 4.24. The van der Waals surface area contributed by atoms with E-state index in [4.69, 9.17) is 4.74 Å². The number of rotatable bonds is 4. The van der Waals surface area contributed by atoms with Crippen molar-refractivity contribution in [2.24, 2.45) is 0 Å². The molecule has 1 aromatic heterocycles. The van der Waals surface area contributed by atoms with E-state index in [0.717, 1.165) is 24.7 Å². The Bertz CT molecular complexity index is 331. The molecule has 0 N–H and O–H groups in total. The molecule has 0 atom stereocenters. The third-order valence-electron chi connectivity index (χ3n) is 2.95. The molecular weight excluding hydrogens is 202 g/mol. The van der Waals surface area contributed by atoms with E-state index in [0.29, 0.717) is 12.6 Å². The first-order valence-electron chi connectivity index (χ1n) is 5.71. The second kappa shape index (κ2) is 4.70. The molecule has 0 radical (unpaired) electrons. The summed E-state index contributed by atoms with van der Waals surface area (Å²) >= 11 is 0. The molecule has 4 nitrogen and oxygen atoms in total. The predicted octanol–water partition coefficient (Wildman–Crippen LogP) is 1.23. The average Bonchev–Trinajstić information content (AvgIpc) is 2.18. The van der Waals surface area contributed by atoms with Crippen molar-refractivity contribution in [3.8, 4) is 5.75 Å². The first-order chi connectivity index (χ1) is 7.70. The summed E-state index contributed by atoms with van der Waals surface area (Å²) in [5, 5.41) is 0. The molecule has 0 saturated carbocycles. The Morgan fingerprint density at radius 3 is 2.69 bits per heavy atom.